The molecule has 2 aliphatic rings. The molecule has 9 nitrogen and oxygen atoms in total. The van der Waals surface area contributed by atoms with E-state index in [-0.39, 0.29) is 11.8 Å². The molecule has 2 fully saturated rings. The number of carbonyl (C=O) groups is 1. The number of anilines is 1. The predicted octanol–water partition coefficient (Wildman–Crippen LogP) is 2.18. The van der Waals surface area contributed by atoms with Crippen LogP contribution in [0.1, 0.15) is 42.9 Å². The Morgan fingerprint density at radius 2 is 2.18 bits per heavy atom. The maximum Gasteiger partial charge on any atom is 0.229 e. The zero-order valence-electron chi connectivity index (χ0n) is 18.7. The van der Waals surface area contributed by atoms with Crippen LogP contribution in [-0.4, -0.2) is 61.4 Å². The van der Waals surface area contributed by atoms with Crippen LogP contribution in [0.15, 0.2) is 18.5 Å². The lowest BCUT2D eigenvalue weighted by atomic mass is 9.98. The van der Waals surface area contributed by atoms with Gasteiger partial charge in [0.25, 0.3) is 0 Å². The van der Waals surface area contributed by atoms with Gasteiger partial charge in [0, 0.05) is 19.5 Å². The Morgan fingerprint density at radius 1 is 1.35 bits per heavy atom. The van der Waals surface area contributed by atoms with Gasteiger partial charge in [0.2, 0.25) is 11.7 Å². The Labute approximate surface area is 205 Å². The summed E-state index contributed by atoms with van der Waals surface area (Å²) in [6.45, 7) is 2.83. The number of halogens is 1. The molecule has 5 rings (SSSR count). The highest BCUT2D eigenvalue weighted by atomic mass is 35.5. The van der Waals surface area contributed by atoms with Crippen LogP contribution in [-0.2, 0) is 4.79 Å². The summed E-state index contributed by atoms with van der Waals surface area (Å²) >= 11 is 7.38. The van der Waals surface area contributed by atoms with Crippen molar-refractivity contribution in [3.63, 3.8) is 0 Å². The first-order valence-corrected chi connectivity index (χ1v) is 12.4. The number of aliphatic hydroxyl groups excluding tert-OH is 2. The van der Waals surface area contributed by atoms with Gasteiger partial charge in [-0.2, -0.15) is 0 Å². The van der Waals surface area contributed by atoms with Gasteiger partial charge in [0.15, 0.2) is 17.0 Å². The van der Waals surface area contributed by atoms with Gasteiger partial charge in [-0.3, -0.25) is 4.79 Å². The maximum absolute atomic E-state index is 12.5. The molecule has 1 amide bonds. The lowest BCUT2D eigenvalue weighted by Crippen LogP contribution is -2.41. The minimum Gasteiger partial charge on any atom is -0.389 e. The van der Waals surface area contributed by atoms with E-state index in [1.54, 1.807) is 24.0 Å². The number of carbonyl (C=O) groups excluding carboxylic acids is 1. The normalized spacial score (nSPS) is 27.2. The quantitative estimate of drug-likeness (QED) is 0.302. The molecule has 2 saturated carbocycles. The first-order valence-electron chi connectivity index (χ1n) is 11.2. The van der Waals surface area contributed by atoms with Gasteiger partial charge < -0.3 is 25.4 Å². The van der Waals surface area contributed by atoms with Gasteiger partial charge in [0.05, 0.1) is 33.1 Å². The number of aromatic nitrogens is 4. The van der Waals surface area contributed by atoms with Crippen LogP contribution in [0.5, 0.6) is 0 Å². The number of unbranched alkanes of at least 4 members (excludes halogenated alkanes) is 1. The summed E-state index contributed by atoms with van der Waals surface area (Å²) in [7, 11) is 1.54. The summed E-state index contributed by atoms with van der Waals surface area (Å²) in [5.41, 5.74) is 0.0742. The summed E-state index contributed by atoms with van der Waals surface area (Å²) in [5, 5.41) is 27.6. The van der Waals surface area contributed by atoms with E-state index in [0.717, 1.165) is 24.3 Å². The van der Waals surface area contributed by atoms with Crippen LogP contribution < -0.4 is 10.6 Å². The molecule has 3 heterocycles. The Morgan fingerprint density at radius 3 is 2.88 bits per heavy atom. The molecule has 0 aliphatic heterocycles. The predicted molar refractivity (Wildman–Crippen MR) is 130 cm³/mol. The van der Waals surface area contributed by atoms with Crippen LogP contribution in [0.2, 0.25) is 4.34 Å². The van der Waals surface area contributed by atoms with Gasteiger partial charge in [-0.05, 0) is 36.8 Å². The fraction of sp³-hybridized carbons (Fsp3) is 0.478. The molecule has 2 aliphatic carbocycles. The van der Waals surface area contributed by atoms with Crippen molar-refractivity contribution in [1.29, 1.82) is 0 Å². The van der Waals surface area contributed by atoms with Crippen molar-refractivity contribution >= 4 is 45.8 Å². The largest absolute Gasteiger partial charge is 0.389 e. The average molecular weight is 501 g/mol. The Bertz CT molecular complexity index is 1310. The highest BCUT2D eigenvalue weighted by molar-refractivity contribution is 7.16. The van der Waals surface area contributed by atoms with E-state index in [1.807, 2.05) is 6.07 Å². The second kappa shape index (κ2) is 8.82. The summed E-state index contributed by atoms with van der Waals surface area (Å²) < 4.78 is 2.41. The fourth-order valence-electron chi connectivity index (χ4n) is 4.98. The molecule has 4 N–H and O–H groups in total. The molecule has 3 aromatic rings. The lowest BCUT2D eigenvalue weighted by molar-refractivity contribution is -0.132. The van der Waals surface area contributed by atoms with Gasteiger partial charge in [-0.15, -0.1) is 11.3 Å². The van der Waals surface area contributed by atoms with E-state index in [0.29, 0.717) is 33.6 Å². The highest BCUT2D eigenvalue weighted by Gasteiger charge is 2.75. The monoisotopic (exact) mass is 500 g/mol. The molecule has 0 radical (unpaired) electrons. The zero-order chi connectivity index (χ0) is 24.0. The van der Waals surface area contributed by atoms with E-state index >= 15 is 0 Å². The topological polar surface area (TPSA) is 125 Å². The van der Waals surface area contributed by atoms with Gasteiger partial charge in [-0.1, -0.05) is 24.9 Å². The van der Waals surface area contributed by atoms with Crippen molar-refractivity contribution < 1.29 is 15.0 Å². The summed E-state index contributed by atoms with van der Waals surface area (Å²) in [5.74, 6) is 6.44. The molecule has 0 saturated heterocycles. The average Bonchev–Trinajstić information content (AvgIpc) is 3.07. The molecule has 34 heavy (non-hydrogen) atoms. The van der Waals surface area contributed by atoms with Crippen LogP contribution in [0, 0.1) is 23.2 Å². The summed E-state index contributed by atoms with van der Waals surface area (Å²) in [6, 6.07) is 3.09. The molecule has 11 heteroatoms. The number of rotatable bonds is 6. The third kappa shape index (κ3) is 3.64. The second-order valence-corrected chi connectivity index (χ2v) is 10.4. The van der Waals surface area contributed by atoms with Crippen LogP contribution in [0.3, 0.4) is 0 Å². The molecule has 0 bridgehead atoms. The van der Waals surface area contributed by atoms with Crippen LogP contribution in [0.25, 0.3) is 11.2 Å². The van der Waals surface area contributed by atoms with Gasteiger partial charge in [-0.25, -0.2) is 15.0 Å². The van der Waals surface area contributed by atoms with E-state index < -0.39 is 23.7 Å². The van der Waals surface area contributed by atoms with E-state index in [9.17, 15) is 15.0 Å². The van der Waals surface area contributed by atoms with E-state index in [1.165, 1.54) is 11.3 Å². The fourth-order valence-corrected chi connectivity index (χ4v) is 5.88. The number of nitrogens with zero attached hydrogens (tertiary/aromatic N) is 4. The molecule has 0 aromatic carbocycles. The molecular weight excluding hydrogens is 476 g/mol. The number of nitrogens with one attached hydrogen (secondary N) is 2. The summed E-state index contributed by atoms with van der Waals surface area (Å²) in [6.07, 6.45) is 1.80. The van der Waals surface area contributed by atoms with Crippen molar-refractivity contribution in [1.82, 2.24) is 24.8 Å². The van der Waals surface area contributed by atoms with Gasteiger partial charge >= 0.3 is 0 Å². The Hall–Kier alpha value is -2.71. The number of thiophene rings is 1. The molecule has 3 aromatic heterocycles. The van der Waals surface area contributed by atoms with Crippen molar-refractivity contribution in [3.8, 4) is 11.8 Å². The highest BCUT2D eigenvalue weighted by Crippen LogP contribution is 2.67. The van der Waals surface area contributed by atoms with Crippen molar-refractivity contribution in [2.75, 3.05) is 18.9 Å². The second-order valence-electron chi connectivity index (χ2n) is 8.71. The first-order chi connectivity index (χ1) is 16.4. The SMILES string of the molecule is CCCCNc1nc(C#Cc2ccc(Cl)s2)nc2c1ncn2[C@H]1C(O)[C@H](O)[C@@]2(C(=O)NC)CC12. The standard InChI is InChI=1S/C23H25ClN6O3S/c1-3-4-9-26-20-16-21(29-15(28-20)8-6-12-5-7-14(24)34-12)30(11-27-16)17-13-10-23(13,22(33)25-2)19(32)18(17)31/h5,7,11,13,17-19,31-32H,3-4,9-10H2,1-2H3,(H,25,33)(H,26,28,29)/t13?,17-,18?,19+,23-/m1/s1. The molecule has 5 atom stereocenters. The third-order valence-corrected chi connectivity index (χ3v) is 7.91. The molecule has 178 valence electrons. The number of hydrogen-bond donors (Lipinski definition) is 4. The third-order valence-electron chi connectivity index (χ3n) is 6.76. The number of hydrogen-bond acceptors (Lipinski definition) is 8. The van der Waals surface area contributed by atoms with Crippen molar-refractivity contribution in [2.24, 2.45) is 11.3 Å². The zero-order valence-corrected chi connectivity index (χ0v) is 20.3. The molecule has 2 unspecified atom stereocenters. The smallest absolute Gasteiger partial charge is 0.229 e. The van der Waals surface area contributed by atoms with E-state index in [4.69, 9.17) is 11.6 Å². The Kier molecular flexibility index (Phi) is 5.98. The minimum absolute atomic E-state index is 0.218. The number of aliphatic hydroxyl groups is 2. The van der Waals surface area contributed by atoms with Crippen molar-refractivity contribution in [2.45, 2.75) is 44.4 Å². The Balaban J connectivity index is 1.57. The van der Waals surface area contributed by atoms with E-state index in [2.05, 4.69) is 44.4 Å². The number of amides is 1. The minimum atomic E-state index is -1.16. The van der Waals surface area contributed by atoms with Crippen LogP contribution >= 0.6 is 22.9 Å². The molecular formula is C23H25ClN6O3S. The lowest BCUT2D eigenvalue weighted by Gasteiger charge is -2.23. The summed E-state index contributed by atoms with van der Waals surface area (Å²) in [4.78, 5) is 27.1. The van der Waals surface area contributed by atoms with Crippen molar-refractivity contribution in [3.05, 3.63) is 33.5 Å². The van der Waals surface area contributed by atoms with Gasteiger partial charge in [0.1, 0.15) is 6.10 Å². The first kappa shape index (κ1) is 23.1. The number of fused-ring (bicyclic) bond motifs is 2. The molecule has 0 spiro atoms. The number of imidazole rings is 1. The maximum atomic E-state index is 12.5. The van der Waals surface area contributed by atoms with Crippen LogP contribution in [0.4, 0.5) is 5.82 Å².